The molecule has 0 saturated heterocycles. The number of anilines is 2. The van der Waals surface area contributed by atoms with Crippen LogP contribution in [0.25, 0.3) is 0 Å². The molecule has 2 aromatic carbocycles. The Bertz CT molecular complexity index is 749. The fourth-order valence-corrected chi connectivity index (χ4v) is 2.29. The predicted octanol–water partition coefficient (Wildman–Crippen LogP) is 4.17. The van der Waals surface area contributed by atoms with Gasteiger partial charge in [-0.05, 0) is 36.4 Å². The van der Waals surface area contributed by atoms with Crippen LogP contribution in [0.15, 0.2) is 48.5 Å². The van der Waals surface area contributed by atoms with E-state index in [0.717, 1.165) is 12.1 Å². The van der Waals surface area contributed by atoms with Crippen LogP contribution in [0.3, 0.4) is 0 Å². The number of carbonyl (C=O) groups excluding carboxylic acids is 1. The van der Waals surface area contributed by atoms with Crippen molar-refractivity contribution in [2.75, 3.05) is 30.9 Å². The lowest BCUT2D eigenvalue weighted by Crippen LogP contribution is -2.28. The van der Waals surface area contributed by atoms with Crippen LogP contribution in [-0.2, 0) is 15.7 Å². The third kappa shape index (κ3) is 6.49. The lowest BCUT2D eigenvalue weighted by molar-refractivity contribution is -0.137. The molecule has 2 N–H and O–H groups in total. The SMILES string of the molecule is COC(CNc1ccc(C(F)(F)F)cc1)COc1ccccc1NC(C)=O. The van der Waals surface area contributed by atoms with E-state index in [0.29, 0.717) is 23.7 Å². The molecular weight excluding hydrogens is 361 g/mol. The molecule has 1 unspecified atom stereocenters. The van der Waals surface area contributed by atoms with Crippen molar-refractivity contribution >= 4 is 17.3 Å². The number of benzene rings is 2. The first kappa shape index (κ1) is 20.6. The summed E-state index contributed by atoms with van der Waals surface area (Å²) >= 11 is 0. The van der Waals surface area contributed by atoms with Crippen molar-refractivity contribution in [3.63, 3.8) is 0 Å². The first-order valence-electron chi connectivity index (χ1n) is 8.23. The minimum Gasteiger partial charge on any atom is -0.489 e. The average Bonchev–Trinajstić information content (AvgIpc) is 2.62. The fourth-order valence-electron chi connectivity index (χ4n) is 2.29. The number of hydrogen-bond acceptors (Lipinski definition) is 4. The van der Waals surface area contributed by atoms with Gasteiger partial charge in [0.15, 0.2) is 0 Å². The van der Waals surface area contributed by atoms with Gasteiger partial charge in [-0.25, -0.2) is 0 Å². The van der Waals surface area contributed by atoms with E-state index in [1.807, 2.05) is 0 Å². The van der Waals surface area contributed by atoms with Crippen LogP contribution in [0.4, 0.5) is 24.5 Å². The maximum absolute atomic E-state index is 12.6. The minimum atomic E-state index is -4.36. The summed E-state index contributed by atoms with van der Waals surface area (Å²) in [4.78, 5) is 11.2. The number of rotatable bonds is 8. The Hall–Kier alpha value is -2.74. The number of methoxy groups -OCH3 is 1. The molecule has 146 valence electrons. The monoisotopic (exact) mass is 382 g/mol. The lowest BCUT2D eigenvalue weighted by Gasteiger charge is -2.19. The van der Waals surface area contributed by atoms with Gasteiger partial charge < -0.3 is 20.1 Å². The van der Waals surface area contributed by atoms with Crippen molar-refractivity contribution in [2.45, 2.75) is 19.2 Å². The molecule has 1 atom stereocenters. The second-order valence-corrected chi connectivity index (χ2v) is 5.80. The molecule has 1 amide bonds. The van der Waals surface area contributed by atoms with Crippen molar-refractivity contribution in [2.24, 2.45) is 0 Å². The molecule has 0 saturated carbocycles. The molecule has 5 nitrogen and oxygen atoms in total. The van der Waals surface area contributed by atoms with E-state index in [9.17, 15) is 18.0 Å². The molecule has 0 spiro atoms. The van der Waals surface area contributed by atoms with Gasteiger partial charge in [0.25, 0.3) is 0 Å². The number of hydrogen-bond donors (Lipinski definition) is 2. The van der Waals surface area contributed by atoms with Crippen molar-refractivity contribution in [3.8, 4) is 5.75 Å². The van der Waals surface area contributed by atoms with Crippen molar-refractivity contribution in [3.05, 3.63) is 54.1 Å². The topological polar surface area (TPSA) is 59.6 Å². The maximum atomic E-state index is 12.6. The zero-order valence-corrected chi connectivity index (χ0v) is 15.0. The van der Waals surface area contributed by atoms with Gasteiger partial charge in [-0.3, -0.25) is 4.79 Å². The number of halogens is 3. The Morgan fingerprint density at radius 3 is 2.37 bits per heavy atom. The van der Waals surface area contributed by atoms with Gasteiger partial charge in [0.1, 0.15) is 18.5 Å². The molecule has 0 heterocycles. The van der Waals surface area contributed by atoms with Gasteiger partial charge in [-0.1, -0.05) is 12.1 Å². The van der Waals surface area contributed by atoms with E-state index >= 15 is 0 Å². The van der Waals surface area contributed by atoms with Gasteiger partial charge in [-0.15, -0.1) is 0 Å². The third-order valence-electron chi connectivity index (χ3n) is 3.70. The Kier molecular flexibility index (Phi) is 7.06. The summed E-state index contributed by atoms with van der Waals surface area (Å²) in [5, 5.41) is 5.69. The summed E-state index contributed by atoms with van der Waals surface area (Å²) in [5.41, 5.74) is 0.397. The van der Waals surface area contributed by atoms with Gasteiger partial charge in [0.05, 0.1) is 11.3 Å². The number of alkyl halides is 3. The van der Waals surface area contributed by atoms with Crippen LogP contribution in [0.1, 0.15) is 12.5 Å². The highest BCUT2D eigenvalue weighted by Crippen LogP contribution is 2.29. The summed E-state index contributed by atoms with van der Waals surface area (Å²) in [6.07, 6.45) is -4.71. The molecule has 2 aromatic rings. The zero-order chi connectivity index (χ0) is 19.9. The highest BCUT2D eigenvalue weighted by atomic mass is 19.4. The van der Waals surface area contributed by atoms with E-state index in [-0.39, 0.29) is 18.6 Å². The summed E-state index contributed by atoms with van der Waals surface area (Å²) in [6, 6.07) is 11.8. The molecular formula is C19H21F3N2O3. The van der Waals surface area contributed by atoms with Crippen LogP contribution < -0.4 is 15.4 Å². The van der Waals surface area contributed by atoms with Crippen LogP contribution in [0, 0.1) is 0 Å². The van der Waals surface area contributed by atoms with Gasteiger partial charge in [-0.2, -0.15) is 13.2 Å². The molecule has 0 aliphatic carbocycles. The maximum Gasteiger partial charge on any atom is 0.416 e. The Morgan fingerprint density at radius 1 is 1.11 bits per heavy atom. The van der Waals surface area contributed by atoms with Crippen molar-refractivity contribution < 1.29 is 27.4 Å². The van der Waals surface area contributed by atoms with Crippen molar-refractivity contribution in [1.82, 2.24) is 0 Å². The number of carbonyl (C=O) groups is 1. The van der Waals surface area contributed by atoms with E-state index in [2.05, 4.69) is 10.6 Å². The molecule has 0 aliphatic heterocycles. The first-order valence-corrected chi connectivity index (χ1v) is 8.23. The van der Waals surface area contributed by atoms with E-state index in [1.54, 1.807) is 24.3 Å². The number of nitrogens with one attached hydrogen (secondary N) is 2. The molecule has 27 heavy (non-hydrogen) atoms. The number of amides is 1. The van der Waals surface area contributed by atoms with Crippen LogP contribution in [0.2, 0.25) is 0 Å². The average molecular weight is 382 g/mol. The number of ether oxygens (including phenoxy) is 2. The summed E-state index contributed by atoms with van der Waals surface area (Å²) in [7, 11) is 1.52. The highest BCUT2D eigenvalue weighted by molar-refractivity contribution is 5.90. The number of para-hydroxylation sites is 2. The van der Waals surface area contributed by atoms with E-state index < -0.39 is 11.7 Å². The van der Waals surface area contributed by atoms with Gasteiger partial charge in [0, 0.05) is 26.3 Å². The Morgan fingerprint density at radius 2 is 1.78 bits per heavy atom. The Balaban J connectivity index is 1.90. The third-order valence-corrected chi connectivity index (χ3v) is 3.70. The lowest BCUT2D eigenvalue weighted by atomic mass is 10.2. The quantitative estimate of drug-likeness (QED) is 0.720. The van der Waals surface area contributed by atoms with Gasteiger partial charge >= 0.3 is 6.18 Å². The predicted molar refractivity (Wildman–Crippen MR) is 97.0 cm³/mol. The fraction of sp³-hybridized carbons (Fsp3) is 0.316. The van der Waals surface area contributed by atoms with Gasteiger partial charge in [0.2, 0.25) is 5.91 Å². The molecule has 0 radical (unpaired) electrons. The van der Waals surface area contributed by atoms with E-state index in [1.165, 1.54) is 26.2 Å². The molecule has 0 aliphatic rings. The molecule has 0 bridgehead atoms. The summed E-state index contributed by atoms with van der Waals surface area (Å²) < 4.78 is 48.8. The van der Waals surface area contributed by atoms with Crippen LogP contribution in [-0.4, -0.2) is 32.3 Å². The Labute approximate surface area is 155 Å². The first-order chi connectivity index (χ1) is 12.8. The summed E-state index contributed by atoms with van der Waals surface area (Å²) in [6.45, 7) is 1.94. The van der Waals surface area contributed by atoms with Crippen LogP contribution in [0.5, 0.6) is 5.75 Å². The summed E-state index contributed by atoms with van der Waals surface area (Å²) in [5.74, 6) is 0.294. The molecule has 2 rings (SSSR count). The zero-order valence-electron chi connectivity index (χ0n) is 15.0. The highest BCUT2D eigenvalue weighted by Gasteiger charge is 2.29. The second kappa shape index (κ2) is 9.27. The minimum absolute atomic E-state index is 0.195. The second-order valence-electron chi connectivity index (χ2n) is 5.80. The smallest absolute Gasteiger partial charge is 0.416 e. The molecule has 8 heteroatoms. The molecule has 0 fully saturated rings. The van der Waals surface area contributed by atoms with Crippen LogP contribution >= 0.6 is 0 Å². The van der Waals surface area contributed by atoms with Crippen molar-refractivity contribution in [1.29, 1.82) is 0 Å². The molecule has 0 aromatic heterocycles. The normalized spacial score (nSPS) is 12.3. The largest absolute Gasteiger partial charge is 0.489 e. The standard InChI is InChI=1S/C19H21F3N2O3/c1-13(25)24-17-5-3-4-6-18(17)27-12-16(26-2)11-23-15-9-7-14(8-10-15)19(20,21)22/h3-10,16,23H,11-12H2,1-2H3,(H,24,25). The van der Waals surface area contributed by atoms with E-state index in [4.69, 9.17) is 9.47 Å².